The van der Waals surface area contributed by atoms with Crippen LogP contribution in [0.4, 0.5) is 0 Å². The molecule has 1 saturated heterocycles. The van der Waals surface area contributed by atoms with Crippen molar-refractivity contribution in [1.82, 2.24) is 9.88 Å². The van der Waals surface area contributed by atoms with Crippen LogP contribution in [0.5, 0.6) is 5.75 Å². The fourth-order valence-electron chi connectivity index (χ4n) is 2.43. The minimum atomic E-state index is 0.0382. The number of amides is 1. The number of thioether (sulfide) groups is 1. The van der Waals surface area contributed by atoms with Crippen LogP contribution in [-0.4, -0.2) is 35.2 Å². The Morgan fingerprint density at radius 1 is 1.50 bits per heavy atom. The monoisotopic (exact) mass is 398 g/mol. The molecule has 7 heteroatoms. The van der Waals surface area contributed by atoms with Gasteiger partial charge in [-0.15, -0.1) is 23.1 Å². The highest BCUT2D eigenvalue weighted by Gasteiger charge is 2.32. The molecule has 1 amide bonds. The molecule has 0 aliphatic carbocycles. The first-order chi connectivity index (χ1) is 10.6. The minimum absolute atomic E-state index is 0.0382. The lowest BCUT2D eigenvalue weighted by Gasteiger charge is -2.24. The van der Waals surface area contributed by atoms with Crippen LogP contribution in [0.1, 0.15) is 26.3 Å². The SMILES string of the molecule is COc1ccc(C2SCCN2C(=O)c2scnc2C)cc1Br. The van der Waals surface area contributed by atoms with Crippen molar-refractivity contribution >= 4 is 44.9 Å². The molecule has 0 N–H and O–H groups in total. The fraction of sp³-hybridized carbons (Fsp3) is 0.333. The van der Waals surface area contributed by atoms with Crippen molar-refractivity contribution in [2.45, 2.75) is 12.3 Å². The molecule has 116 valence electrons. The van der Waals surface area contributed by atoms with Gasteiger partial charge in [0, 0.05) is 12.3 Å². The Morgan fingerprint density at radius 3 is 2.95 bits per heavy atom. The molecule has 22 heavy (non-hydrogen) atoms. The van der Waals surface area contributed by atoms with Crippen LogP contribution in [-0.2, 0) is 0 Å². The molecular formula is C15H15BrN2O2S2. The van der Waals surface area contributed by atoms with Gasteiger partial charge in [0.25, 0.3) is 5.91 Å². The molecule has 1 aliphatic rings. The van der Waals surface area contributed by atoms with Crippen LogP contribution >= 0.6 is 39.0 Å². The predicted octanol–water partition coefficient (Wildman–Crippen LogP) is 4.11. The molecule has 2 aromatic rings. The summed E-state index contributed by atoms with van der Waals surface area (Å²) in [6, 6.07) is 5.98. The van der Waals surface area contributed by atoms with E-state index in [1.807, 2.05) is 30.0 Å². The number of halogens is 1. The van der Waals surface area contributed by atoms with Crippen LogP contribution in [0.25, 0.3) is 0 Å². The molecule has 1 aromatic heterocycles. The Kier molecular flexibility index (Phi) is 4.75. The second-order valence-corrected chi connectivity index (χ2v) is 7.78. The minimum Gasteiger partial charge on any atom is -0.496 e. The molecule has 2 heterocycles. The molecule has 0 saturated carbocycles. The second kappa shape index (κ2) is 6.60. The van der Waals surface area contributed by atoms with Crippen molar-refractivity contribution in [3.63, 3.8) is 0 Å². The molecule has 0 bridgehead atoms. The number of aromatic nitrogens is 1. The number of hydrogen-bond acceptors (Lipinski definition) is 5. The first-order valence-electron chi connectivity index (χ1n) is 6.78. The van der Waals surface area contributed by atoms with E-state index in [0.29, 0.717) is 0 Å². The Balaban J connectivity index is 1.89. The molecule has 1 atom stereocenters. The van der Waals surface area contributed by atoms with Crippen LogP contribution in [0, 0.1) is 6.92 Å². The van der Waals surface area contributed by atoms with Crippen molar-refractivity contribution < 1.29 is 9.53 Å². The van der Waals surface area contributed by atoms with E-state index >= 15 is 0 Å². The van der Waals surface area contributed by atoms with Gasteiger partial charge in [-0.1, -0.05) is 6.07 Å². The molecule has 0 spiro atoms. The zero-order chi connectivity index (χ0) is 15.7. The standard InChI is InChI=1S/C15H15BrN2O2S2/c1-9-13(22-8-17-9)14(19)18-5-6-21-15(18)10-3-4-12(20-2)11(16)7-10/h3-4,7-8,15H,5-6H2,1-2H3. The van der Waals surface area contributed by atoms with Gasteiger partial charge in [-0.05, 0) is 40.5 Å². The third-order valence-corrected chi connectivity index (χ3v) is 6.35. The quantitative estimate of drug-likeness (QED) is 0.779. The topological polar surface area (TPSA) is 42.4 Å². The van der Waals surface area contributed by atoms with Gasteiger partial charge in [0.05, 0.1) is 22.8 Å². The number of ether oxygens (including phenoxy) is 1. The predicted molar refractivity (Wildman–Crippen MR) is 93.8 cm³/mol. The van der Waals surface area contributed by atoms with Gasteiger partial charge >= 0.3 is 0 Å². The summed E-state index contributed by atoms with van der Waals surface area (Å²) in [5, 5.41) is 0.0382. The van der Waals surface area contributed by atoms with E-state index in [-0.39, 0.29) is 11.3 Å². The van der Waals surface area contributed by atoms with Crippen LogP contribution in [0.3, 0.4) is 0 Å². The number of carbonyl (C=O) groups is 1. The lowest BCUT2D eigenvalue weighted by Crippen LogP contribution is -2.30. The van der Waals surface area contributed by atoms with E-state index in [4.69, 9.17) is 4.74 Å². The first-order valence-corrected chi connectivity index (χ1v) is 9.50. The molecule has 3 rings (SSSR count). The molecule has 1 fully saturated rings. The molecule has 1 aliphatic heterocycles. The van der Waals surface area contributed by atoms with Gasteiger partial charge < -0.3 is 9.64 Å². The number of methoxy groups -OCH3 is 1. The summed E-state index contributed by atoms with van der Waals surface area (Å²) in [4.78, 5) is 19.6. The highest BCUT2D eigenvalue weighted by atomic mass is 79.9. The number of rotatable bonds is 3. The van der Waals surface area contributed by atoms with E-state index < -0.39 is 0 Å². The Bertz CT molecular complexity index is 705. The number of aryl methyl sites for hydroxylation is 1. The summed E-state index contributed by atoms with van der Waals surface area (Å²) in [7, 11) is 1.65. The zero-order valence-electron chi connectivity index (χ0n) is 12.2. The summed E-state index contributed by atoms with van der Waals surface area (Å²) >= 11 is 6.71. The summed E-state index contributed by atoms with van der Waals surface area (Å²) in [5.41, 5.74) is 3.64. The molecular weight excluding hydrogens is 384 g/mol. The number of hydrogen-bond donors (Lipinski definition) is 0. The van der Waals surface area contributed by atoms with Crippen molar-refractivity contribution in [1.29, 1.82) is 0 Å². The Morgan fingerprint density at radius 2 is 2.32 bits per heavy atom. The lowest BCUT2D eigenvalue weighted by molar-refractivity contribution is 0.0764. The van der Waals surface area contributed by atoms with Crippen molar-refractivity contribution in [3.05, 3.63) is 44.3 Å². The molecule has 0 radical (unpaired) electrons. The molecule has 1 aromatic carbocycles. The summed E-state index contributed by atoms with van der Waals surface area (Å²) in [6.45, 7) is 2.64. The number of thiazole rings is 1. The Hall–Kier alpha value is -1.05. The average molecular weight is 399 g/mol. The van der Waals surface area contributed by atoms with Gasteiger partial charge in [-0.25, -0.2) is 4.98 Å². The summed E-state index contributed by atoms with van der Waals surface area (Å²) in [5.74, 6) is 1.81. The number of nitrogens with zero attached hydrogens (tertiary/aromatic N) is 2. The van der Waals surface area contributed by atoms with Gasteiger partial charge in [-0.2, -0.15) is 0 Å². The van der Waals surface area contributed by atoms with E-state index in [2.05, 4.69) is 20.9 Å². The highest BCUT2D eigenvalue weighted by Crippen LogP contribution is 2.41. The summed E-state index contributed by atoms with van der Waals surface area (Å²) in [6.07, 6.45) is 0. The van der Waals surface area contributed by atoms with Gasteiger partial charge in [0.1, 0.15) is 16.0 Å². The first kappa shape index (κ1) is 15.8. The van der Waals surface area contributed by atoms with E-state index in [1.54, 1.807) is 24.4 Å². The van der Waals surface area contributed by atoms with Crippen LogP contribution in [0.15, 0.2) is 28.2 Å². The maximum atomic E-state index is 12.8. The maximum Gasteiger partial charge on any atom is 0.267 e. The van der Waals surface area contributed by atoms with Crippen molar-refractivity contribution in [2.24, 2.45) is 0 Å². The van der Waals surface area contributed by atoms with Crippen molar-refractivity contribution in [2.75, 3.05) is 19.4 Å². The van der Waals surface area contributed by atoms with Crippen LogP contribution in [0.2, 0.25) is 0 Å². The van der Waals surface area contributed by atoms with E-state index in [0.717, 1.165) is 38.7 Å². The Labute approximate surface area is 146 Å². The van der Waals surface area contributed by atoms with Crippen molar-refractivity contribution in [3.8, 4) is 5.75 Å². The molecule has 1 unspecified atom stereocenters. The van der Waals surface area contributed by atoms with Crippen LogP contribution < -0.4 is 4.74 Å². The van der Waals surface area contributed by atoms with Gasteiger partial charge in [0.15, 0.2) is 0 Å². The van der Waals surface area contributed by atoms with E-state index in [1.165, 1.54) is 11.3 Å². The second-order valence-electron chi connectivity index (χ2n) is 4.88. The largest absolute Gasteiger partial charge is 0.496 e. The fourth-order valence-corrected chi connectivity index (χ4v) is 4.99. The smallest absolute Gasteiger partial charge is 0.267 e. The number of benzene rings is 1. The lowest BCUT2D eigenvalue weighted by atomic mass is 10.2. The average Bonchev–Trinajstić information content (AvgIpc) is 3.15. The third kappa shape index (κ3) is 2.89. The number of carbonyl (C=O) groups excluding carboxylic acids is 1. The third-order valence-electron chi connectivity index (χ3n) is 3.55. The zero-order valence-corrected chi connectivity index (χ0v) is 15.4. The van der Waals surface area contributed by atoms with Gasteiger partial charge in [-0.3, -0.25) is 4.79 Å². The van der Waals surface area contributed by atoms with E-state index in [9.17, 15) is 4.79 Å². The molecule has 4 nitrogen and oxygen atoms in total. The highest BCUT2D eigenvalue weighted by molar-refractivity contribution is 9.10. The maximum absolute atomic E-state index is 12.8. The van der Waals surface area contributed by atoms with Gasteiger partial charge in [0.2, 0.25) is 0 Å². The summed E-state index contributed by atoms with van der Waals surface area (Å²) < 4.78 is 6.17. The normalized spacial score (nSPS) is 17.8.